The lowest BCUT2D eigenvalue weighted by Gasteiger charge is -2.17. The smallest absolute Gasteiger partial charge is 0.261 e. The fraction of sp³-hybridized carbons (Fsp3) is 0.105. The molecule has 5 heteroatoms. The Morgan fingerprint density at radius 2 is 1.75 bits per heavy atom. The van der Waals surface area contributed by atoms with E-state index in [0.29, 0.717) is 17.8 Å². The fourth-order valence-corrected chi connectivity index (χ4v) is 2.73. The highest BCUT2D eigenvalue weighted by Gasteiger charge is 2.34. The Kier molecular flexibility index (Phi) is 4.01. The molecule has 2 aromatic rings. The molecule has 0 radical (unpaired) electrons. The second kappa shape index (κ2) is 6.28. The number of hydrogen-bond donors (Lipinski definition) is 0. The first-order valence-electron chi connectivity index (χ1n) is 7.28. The molecular formula is C19H13N3O2. The molecule has 0 fully saturated rings. The molecule has 116 valence electrons. The quantitative estimate of drug-likeness (QED) is 0.644. The number of amides is 1. The van der Waals surface area contributed by atoms with Crippen LogP contribution in [0.3, 0.4) is 0 Å². The van der Waals surface area contributed by atoms with Crippen LogP contribution in [0.15, 0.2) is 54.1 Å². The normalized spacial score (nSPS) is 12.4. The lowest BCUT2D eigenvalue weighted by Crippen LogP contribution is -2.26. The van der Waals surface area contributed by atoms with Gasteiger partial charge in [0.1, 0.15) is 23.5 Å². The van der Waals surface area contributed by atoms with Crippen LogP contribution < -0.4 is 9.64 Å². The Balaban J connectivity index is 2.04. The van der Waals surface area contributed by atoms with Crippen LogP contribution in [-0.4, -0.2) is 13.0 Å². The van der Waals surface area contributed by atoms with Crippen molar-refractivity contribution in [1.29, 1.82) is 10.5 Å². The second-order valence-corrected chi connectivity index (χ2v) is 5.23. The Morgan fingerprint density at radius 3 is 2.38 bits per heavy atom. The Labute approximate surface area is 139 Å². The summed E-state index contributed by atoms with van der Waals surface area (Å²) >= 11 is 0. The van der Waals surface area contributed by atoms with Crippen molar-refractivity contribution >= 4 is 17.2 Å². The van der Waals surface area contributed by atoms with Crippen molar-refractivity contribution in [3.8, 4) is 17.9 Å². The number of fused-ring (bicyclic) bond motifs is 1. The molecule has 1 amide bonds. The number of carbonyl (C=O) groups excluding carboxylic acids is 1. The Hall–Kier alpha value is -3.57. The van der Waals surface area contributed by atoms with Crippen molar-refractivity contribution in [3.05, 3.63) is 65.2 Å². The molecule has 1 heterocycles. The van der Waals surface area contributed by atoms with E-state index in [0.717, 1.165) is 11.3 Å². The topological polar surface area (TPSA) is 77.1 Å². The van der Waals surface area contributed by atoms with Crippen LogP contribution in [-0.2, 0) is 11.3 Å². The number of para-hydroxylation sites is 1. The first kappa shape index (κ1) is 15.3. The zero-order valence-corrected chi connectivity index (χ0v) is 13.0. The van der Waals surface area contributed by atoms with Gasteiger partial charge in [-0.2, -0.15) is 10.5 Å². The van der Waals surface area contributed by atoms with Crippen LogP contribution in [0.25, 0.3) is 5.57 Å². The number of nitrogens with zero attached hydrogens (tertiary/aromatic N) is 3. The highest BCUT2D eigenvalue weighted by molar-refractivity contribution is 6.34. The predicted molar refractivity (Wildman–Crippen MR) is 88.8 cm³/mol. The number of methoxy groups -OCH3 is 1. The molecule has 0 saturated heterocycles. The summed E-state index contributed by atoms with van der Waals surface area (Å²) in [4.78, 5) is 14.4. The number of nitriles is 2. The maximum Gasteiger partial charge on any atom is 0.261 e. The van der Waals surface area contributed by atoms with Gasteiger partial charge in [-0.05, 0) is 23.8 Å². The minimum atomic E-state index is -0.329. The van der Waals surface area contributed by atoms with Crippen LogP contribution in [0.2, 0.25) is 0 Å². The molecule has 0 spiro atoms. The molecule has 1 aliphatic heterocycles. The molecule has 0 saturated carbocycles. The zero-order valence-electron chi connectivity index (χ0n) is 13.0. The second-order valence-electron chi connectivity index (χ2n) is 5.23. The van der Waals surface area contributed by atoms with E-state index in [4.69, 9.17) is 15.3 Å². The molecule has 3 rings (SSSR count). The van der Waals surface area contributed by atoms with E-state index in [1.54, 1.807) is 24.1 Å². The van der Waals surface area contributed by atoms with Gasteiger partial charge in [0, 0.05) is 5.56 Å². The maximum atomic E-state index is 12.8. The minimum absolute atomic E-state index is 0.162. The Bertz CT molecular complexity index is 899. The van der Waals surface area contributed by atoms with Crippen LogP contribution in [0, 0.1) is 22.7 Å². The van der Waals surface area contributed by atoms with E-state index < -0.39 is 0 Å². The molecule has 0 bridgehead atoms. The lowest BCUT2D eigenvalue weighted by atomic mass is 10.0. The monoisotopic (exact) mass is 315 g/mol. The SMILES string of the molecule is COc1ccc(CN2C(=O)C(=C(C#N)C#N)c3ccccc32)cc1. The van der Waals surface area contributed by atoms with Crippen molar-refractivity contribution in [2.24, 2.45) is 0 Å². The number of rotatable bonds is 3. The summed E-state index contributed by atoms with van der Waals surface area (Å²) in [5.74, 6) is 0.411. The average Bonchev–Trinajstić information content (AvgIpc) is 2.90. The number of anilines is 1. The van der Waals surface area contributed by atoms with E-state index >= 15 is 0 Å². The summed E-state index contributed by atoms with van der Waals surface area (Å²) in [6, 6.07) is 18.2. The van der Waals surface area contributed by atoms with E-state index in [9.17, 15) is 4.79 Å². The number of ether oxygens (including phenoxy) is 1. The van der Waals surface area contributed by atoms with Gasteiger partial charge in [-0.1, -0.05) is 30.3 Å². The van der Waals surface area contributed by atoms with Gasteiger partial charge >= 0.3 is 0 Å². The van der Waals surface area contributed by atoms with E-state index in [-0.39, 0.29) is 17.1 Å². The molecule has 0 N–H and O–H groups in total. The summed E-state index contributed by atoms with van der Waals surface area (Å²) in [7, 11) is 1.59. The van der Waals surface area contributed by atoms with Crippen molar-refractivity contribution in [3.63, 3.8) is 0 Å². The lowest BCUT2D eigenvalue weighted by molar-refractivity contribution is -0.113. The molecular weight excluding hydrogens is 302 g/mol. The molecule has 0 atom stereocenters. The van der Waals surface area contributed by atoms with E-state index in [1.807, 2.05) is 48.5 Å². The number of carbonyl (C=O) groups is 1. The highest BCUT2D eigenvalue weighted by atomic mass is 16.5. The molecule has 0 aliphatic carbocycles. The molecule has 0 unspecified atom stereocenters. The van der Waals surface area contributed by atoms with Gasteiger partial charge in [-0.25, -0.2) is 0 Å². The number of allylic oxidation sites excluding steroid dienone is 1. The third-order valence-electron chi connectivity index (χ3n) is 3.90. The van der Waals surface area contributed by atoms with Gasteiger partial charge in [-0.3, -0.25) is 4.79 Å². The van der Waals surface area contributed by atoms with Crippen molar-refractivity contribution in [2.75, 3.05) is 12.0 Å². The highest BCUT2D eigenvalue weighted by Crippen LogP contribution is 2.39. The van der Waals surface area contributed by atoms with Crippen LogP contribution in [0.4, 0.5) is 5.69 Å². The summed E-state index contributed by atoms with van der Waals surface area (Å²) in [5, 5.41) is 18.3. The van der Waals surface area contributed by atoms with Crippen molar-refractivity contribution in [2.45, 2.75) is 6.54 Å². The van der Waals surface area contributed by atoms with Gasteiger partial charge in [0.05, 0.1) is 24.9 Å². The van der Waals surface area contributed by atoms with Crippen molar-refractivity contribution in [1.82, 2.24) is 0 Å². The average molecular weight is 315 g/mol. The Morgan fingerprint density at radius 1 is 1.08 bits per heavy atom. The summed E-state index contributed by atoms with van der Waals surface area (Å²) in [6.45, 7) is 0.355. The van der Waals surface area contributed by atoms with Gasteiger partial charge in [0.25, 0.3) is 5.91 Å². The molecule has 24 heavy (non-hydrogen) atoms. The number of benzene rings is 2. The van der Waals surface area contributed by atoms with Gasteiger partial charge in [0.15, 0.2) is 0 Å². The zero-order chi connectivity index (χ0) is 17.1. The fourth-order valence-electron chi connectivity index (χ4n) is 2.73. The largest absolute Gasteiger partial charge is 0.497 e. The molecule has 5 nitrogen and oxygen atoms in total. The summed E-state index contributed by atoms with van der Waals surface area (Å²) in [6.07, 6.45) is 0. The first-order valence-corrected chi connectivity index (χ1v) is 7.28. The summed E-state index contributed by atoms with van der Waals surface area (Å²) in [5.41, 5.74) is 2.26. The third-order valence-corrected chi connectivity index (χ3v) is 3.90. The van der Waals surface area contributed by atoms with E-state index in [2.05, 4.69) is 0 Å². The van der Waals surface area contributed by atoms with Gasteiger partial charge in [-0.15, -0.1) is 0 Å². The molecule has 2 aromatic carbocycles. The van der Waals surface area contributed by atoms with Gasteiger partial charge < -0.3 is 9.64 Å². The van der Waals surface area contributed by atoms with E-state index in [1.165, 1.54) is 0 Å². The summed E-state index contributed by atoms with van der Waals surface area (Å²) < 4.78 is 5.13. The first-order chi connectivity index (χ1) is 11.7. The predicted octanol–water partition coefficient (Wildman–Crippen LogP) is 3.04. The van der Waals surface area contributed by atoms with Crippen LogP contribution >= 0.6 is 0 Å². The van der Waals surface area contributed by atoms with Gasteiger partial charge in [0.2, 0.25) is 0 Å². The minimum Gasteiger partial charge on any atom is -0.497 e. The maximum absolute atomic E-state index is 12.8. The molecule has 0 aromatic heterocycles. The third kappa shape index (κ3) is 2.49. The standard InChI is InChI=1S/C19H13N3O2/c1-24-15-8-6-13(7-9-15)12-22-17-5-3-2-4-16(17)18(19(22)23)14(10-20)11-21/h2-9H,12H2,1H3. The molecule has 1 aliphatic rings. The van der Waals surface area contributed by atoms with Crippen LogP contribution in [0.5, 0.6) is 5.75 Å². The number of hydrogen-bond acceptors (Lipinski definition) is 4. The van der Waals surface area contributed by atoms with Crippen molar-refractivity contribution < 1.29 is 9.53 Å². The van der Waals surface area contributed by atoms with Crippen LogP contribution in [0.1, 0.15) is 11.1 Å².